The Hall–Kier alpha value is -1.82. The Morgan fingerprint density at radius 3 is 2.75 bits per heavy atom. The molecular formula is C13H17ClFN3O2. The number of nitrogen functional groups attached to an aromatic ring is 1. The van der Waals surface area contributed by atoms with Crippen LogP contribution in [-0.4, -0.2) is 30.0 Å². The van der Waals surface area contributed by atoms with Gasteiger partial charge in [0.05, 0.1) is 11.6 Å². The standard InChI is InChI=1S/C13H16FN3O2.ClH/c14-10-6-8(12(15)16)3-4-11(10)17-5-1-2-9(7-17)13(18)19;/h3-4,6,9H,1-2,5,7H2,(H3,15,16)(H,18,19);1H. The second-order valence-electron chi connectivity index (χ2n) is 4.70. The molecule has 1 fully saturated rings. The molecule has 2 rings (SSSR count). The molecule has 1 aromatic carbocycles. The second-order valence-corrected chi connectivity index (χ2v) is 4.70. The van der Waals surface area contributed by atoms with Crippen LogP contribution in [0.25, 0.3) is 0 Å². The molecule has 4 N–H and O–H groups in total. The van der Waals surface area contributed by atoms with Gasteiger partial charge in [0.1, 0.15) is 11.7 Å². The van der Waals surface area contributed by atoms with Gasteiger partial charge in [-0.3, -0.25) is 10.2 Å². The number of nitrogens with two attached hydrogens (primary N) is 1. The summed E-state index contributed by atoms with van der Waals surface area (Å²) in [5, 5.41) is 16.3. The van der Waals surface area contributed by atoms with Crippen molar-refractivity contribution in [3.63, 3.8) is 0 Å². The number of aliphatic carboxylic acids is 1. The average molecular weight is 302 g/mol. The summed E-state index contributed by atoms with van der Waals surface area (Å²) in [4.78, 5) is 12.7. The highest BCUT2D eigenvalue weighted by atomic mass is 35.5. The van der Waals surface area contributed by atoms with Gasteiger partial charge in [0, 0.05) is 18.7 Å². The lowest BCUT2D eigenvalue weighted by molar-refractivity contribution is -0.141. The van der Waals surface area contributed by atoms with E-state index in [1.807, 2.05) is 0 Å². The number of hydrogen-bond donors (Lipinski definition) is 3. The second kappa shape index (κ2) is 6.56. The SMILES string of the molecule is Cl.N=C(N)c1ccc(N2CCCC(C(=O)O)C2)c(F)c1. The fraction of sp³-hybridized carbons (Fsp3) is 0.385. The minimum absolute atomic E-state index is 0. The lowest BCUT2D eigenvalue weighted by Gasteiger charge is -2.32. The van der Waals surface area contributed by atoms with E-state index >= 15 is 0 Å². The van der Waals surface area contributed by atoms with E-state index in [1.165, 1.54) is 6.07 Å². The molecule has 7 heteroatoms. The van der Waals surface area contributed by atoms with Gasteiger partial charge in [-0.1, -0.05) is 0 Å². The predicted octanol–water partition coefficient (Wildman–Crippen LogP) is 1.83. The van der Waals surface area contributed by atoms with Crippen LogP contribution in [-0.2, 0) is 4.79 Å². The maximum Gasteiger partial charge on any atom is 0.308 e. The van der Waals surface area contributed by atoms with E-state index in [0.29, 0.717) is 30.8 Å². The van der Waals surface area contributed by atoms with Crippen LogP contribution in [0.2, 0.25) is 0 Å². The monoisotopic (exact) mass is 301 g/mol. The Morgan fingerprint density at radius 2 is 2.20 bits per heavy atom. The summed E-state index contributed by atoms with van der Waals surface area (Å²) in [5.41, 5.74) is 6.00. The average Bonchev–Trinajstić information content (AvgIpc) is 2.38. The molecule has 0 aromatic heterocycles. The van der Waals surface area contributed by atoms with Crippen molar-refractivity contribution in [2.45, 2.75) is 12.8 Å². The summed E-state index contributed by atoms with van der Waals surface area (Å²) in [7, 11) is 0. The normalized spacial score (nSPS) is 18.2. The molecule has 0 aliphatic carbocycles. The molecule has 1 atom stereocenters. The van der Waals surface area contributed by atoms with Crippen molar-refractivity contribution in [2.75, 3.05) is 18.0 Å². The number of carbonyl (C=O) groups is 1. The first-order chi connectivity index (χ1) is 8.99. The minimum Gasteiger partial charge on any atom is -0.481 e. The topological polar surface area (TPSA) is 90.4 Å². The van der Waals surface area contributed by atoms with E-state index in [4.69, 9.17) is 16.2 Å². The largest absolute Gasteiger partial charge is 0.481 e. The number of carboxylic acid groups (broad SMARTS) is 1. The molecule has 0 radical (unpaired) electrons. The summed E-state index contributed by atoms with van der Waals surface area (Å²) >= 11 is 0. The van der Waals surface area contributed by atoms with Gasteiger partial charge in [0.15, 0.2) is 0 Å². The van der Waals surface area contributed by atoms with Crippen LogP contribution in [0.15, 0.2) is 18.2 Å². The first-order valence-corrected chi connectivity index (χ1v) is 6.10. The van der Waals surface area contributed by atoms with Crippen molar-refractivity contribution in [3.8, 4) is 0 Å². The molecule has 5 nitrogen and oxygen atoms in total. The fourth-order valence-corrected chi connectivity index (χ4v) is 2.33. The zero-order valence-corrected chi connectivity index (χ0v) is 11.6. The molecule has 110 valence electrons. The molecule has 1 saturated heterocycles. The van der Waals surface area contributed by atoms with Crippen molar-refractivity contribution >= 4 is 29.9 Å². The van der Waals surface area contributed by atoms with Crippen molar-refractivity contribution < 1.29 is 14.3 Å². The van der Waals surface area contributed by atoms with E-state index in [9.17, 15) is 9.18 Å². The maximum absolute atomic E-state index is 14.0. The summed E-state index contributed by atoms with van der Waals surface area (Å²) in [6.45, 7) is 0.950. The van der Waals surface area contributed by atoms with Gasteiger partial charge in [-0.2, -0.15) is 0 Å². The highest BCUT2D eigenvalue weighted by Crippen LogP contribution is 2.26. The molecule has 1 aliphatic heterocycles. The quantitative estimate of drug-likeness (QED) is 0.587. The molecule has 0 bridgehead atoms. The summed E-state index contributed by atoms with van der Waals surface area (Å²) in [6, 6.07) is 4.34. The van der Waals surface area contributed by atoms with E-state index in [2.05, 4.69) is 0 Å². The highest BCUT2D eigenvalue weighted by Gasteiger charge is 2.26. The van der Waals surface area contributed by atoms with Crippen LogP contribution in [0.4, 0.5) is 10.1 Å². The van der Waals surface area contributed by atoms with E-state index in [1.54, 1.807) is 17.0 Å². The van der Waals surface area contributed by atoms with Crippen LogP contribution in [0.5, 0.6) is 0 Å². The van der Waals surface area contributed by atoms with Crippen molar-refractivity contribution in [2.24, 2.45) is 11.7 Å². The highest BCUT2D eigenvalue weighted by molar-refractivity contribution is 5.95. The number of piperidine rings is 1. The molecule has 0 saturated carbocycles. The molecule has 0 amide bonds. The fourth-order valence-electron chi connectivity index (χ4n) is 2.33. The Labute approximate surface area is 122 Å². The lowest BCUT2D eigenvalue weighted by atomic mass is 9.97. The van der Waals surface area contributed by atoms with Crippen molar-refractivity contribution in [1.82, 2.24) is 0 Å². The van der Waals surface area contributed by atoms with Gasteiger partial charge in [0.25, 0.3) is 0 Å². The van der Waals surface area contributed by atoms with Crippen molar-refractivity contribution in [3.05, 3.63) is 29.6 Å². The number of nitrogens with one attached hydrogen (secondary N) is 1. The van der Waals surface area contributed by atoms with E-state index in [0.717, 1.165) is 6.42 Å². The molecule has 20 heavy (non-hydrogen) atoms. The van der Waals surface area contributed by atoms with Gasteiger partial charge < -0.3 is 15.7 Å². The Balaban J connectivity index is 0.00000200. The molecule has 0 spiro atoms. The smallest absolute Gasteiger partial charge is 0.308 e. The van der Waals surface area contributed by atoms with Crippen molar-refractivity contribution in [1.29, 1.82) is 5.41 Å². The third-order valence-corrected chi connectivity index (χ3v) is 3.37. The predicted molar refractivity (Wildman–Crippen MR) is 77.2 cm³/mol. The maximum atomic E-state index is 14.0. The zero-order valence-electron chi connectivity index (χ0n) is 10.8. The summed E-state index contributed by atoms with van der Waals surface area (Å²) in [5.74, 6) is -1.96. The van der Waals surface area contributed by atoms with Crippen LogP contribution in [0.1, 0.15) is 18.4 Å². The first kappa shape index (κ1) is 16.2. The number of amidine groups is 1. The minimum atomic E-state index is -0.842. The first-order valence-electron chi connectivity index (χ1n) is 6.10. The molecule has 1 unspecified atom stereocenters. The Bertz CT molecular complexity index is 524. The van der Waals surface area contributed by atoms with Crippen LogP contribution in [0, 0.1) is 17.1 Å². The Morgan fingerprint density at radius 1 is 1.50 bits per heavy atom. The number of hydrogen-bond acceptors (Lipinski definition) is 3. The van der Waals surface area contributed by atoms with Gasteiger partial charge in [-0.25, -0.2) is 4.39 Å². The number of carboxylic acids is 1. The van der Waals surface area contributed by atoms with Crippen LogP contribution in [0.3, 0.4) is 0 Å². The van der Waals surface area contributed by atoms with E-state index in [-0.39, 0.29) is 18.2 Å². The number of anilines is 1. The molecule has 1 heterocycles. The third-order valence-electron chi connectivity index (χ3n) is 3.37. The van der Waals surface area contributed by atoms with Gasteiger partial charge >= 0.3 is 5.97 Å². The van der Waals surface area contributed by atoms with E-state index < -0.39 is 17.7 Å². The molecule has 1 aromatic rings. The van der Waals surface area contributed by atoms with Crippen LogP contribution >= 0.6 is 12.4 Å². The number of benzene rings is 1. The lowest BCUT2D eigenvalue weighted by Crippen LogP contribution is -2.39. The number of halogens is 2. The van der Waals surface area contributed by atoms with Gasteiger partial charge in [-0.15, -0.1) is 12.4 Å². The zero-order chi connectivity index (χ0) is 14.0. The van der Waals surface area contributed by atoms with Crippen LogP contribution < -0.4 is 10.6 Å². The number of rotatable bonds is 3. The summed E-state index contributed by atoms with van der Waals surface area (Å²) in [6.07, 6.45) is 1.35. The number of nitrogens with zero attached hydrogens (tertiary/aromatic N) is 1. The van der Waals surface area contributed by atoms with Gasteiger partial charge in [0.2, 0.25) is 0 Å². The molecule has 1 aliphatic rings. The molecular weight excluding hydrogens is 285 g/mol. The summed E-state index contributed by atoms with van der Waals surface area (Å²) < 4.78 is 14.0. The van der Waals surface area contributed by atoms with Gasteiger partial charge in [-0.05, 0) is 31.0 Å². The Kier molecular flexibility index (Phi) is 5.33. The third kappa shape index (κ3) is 3.39.